The van der Waals surface area contributed by atoms with E-state index in [0.29, 0.717) is 32.4 Å². The van der Waals surface area contributed by atoms with Crippen molar-refractivity contribution in [2.75, 3.05) is 13.1 Å². The number of imide groups is 1. The molecule has 2 fully saturated rings. The van der Waals surface area contributed by atoms with Gasteiger partial charge in [-0.1, -0.05) is 36.4 Å². The van der Waals surface area contributed by atoms with Crippen LogP contribution in [-0.2, 0) is 16.0 Å². The summed E-state index contributed by atoms with van der Waals surface area (Å²) in [6.45, 7) is 0.772. The van der Waals surface area contributed by atoms with Crippen LogP contribution in [0.25, 0.3) is 6.08 Å². The Morgan fingerprint density at radius 2 is 1.71 bits per heavy atom. The molecule has 6 nitrogen and oxygen atoms in total. The highest BCUT2D eigenvalue weighted by Gasteiger charge is 2.51. The van der Waals surface area contributed by atoms with Gasteiger partial charge in [0.25, 0.3) is 5.91 Å². The van der Waals surface area contributed by atoms with E-state index in [2.05, 4.69) is 10.6 Å². The Hall–Kier alpha value is -3.55. The molecule has 0 aliphatic carbocycles. The molecule has 0 saturated carbocycles. The number of benzene rings is 2. The normalized spacial score (nSPS) is 21.1. The smallest absolute Gasteiger partial charge is 0.322 e. The molecule has 2 aliphatic heterocycles. The van der Waals surface area contributed by atoms with E-state index in [0.717, 1.165) is 31.1 Å². The van der Waals surface area contributed by atoms with Crippen LogP contribution in [0.15, 0.2) is 54.6 Å². The van der Waals surface area contributed by atoms with Gasteiger partial charge in [0, 0.05) is 24.7 Å². The van der Waals surface area contributed by atoms with Gasteiger partial charge in [0.15, 0.2) is 0 Å². The third kappa shape index (κ3) is 5.00. The van der Waals surface area contributed by atoms with Crippen molar-refractivity contribution in [1.82, 2.24) is 15.5 Å². The van der Waals surface area contributed by atoms with Gasteiger partial charge in [-0.05, 0) is 61.8 Å². The first kappa shape index (κ1) is 23.6. The Morgan fingerprint density at radius 3 is 2.32 bits per heavy atom. The molecule has 4 rings (SSSR count). The van der Waals surface area contributed by atoms with E-state index in [-0.39, 0.29) is 23.3 Å². The summed E-state index contributed by atoms with van der Waals surface area (Å²) >= 11 is 0. The van der Waals surface area contributed by atoms with Crippen LogP contribution in [0.5, 0.6) is 0 Å². The quantitative estimate of drug-likeness (QED) is 0.480. The zero-order chi connectivity index (χ0) is 24.1. The second-order valence-electron chi connectivity index (χ2n) is 8.79. The van der Waals surface area contributed by atoms with Crippen LogP contribution in [0.1, 0.15) is 36.8 Å². The molecule has 4 amide bonds. The highest BCUT2D eigenvalue weighted by atomic mass is 19.1. The van der Waals surface area contributed by atoms with Crippen LogP contribution in [0.2, 0.25) is 0 Å². The van der Waals surface area contributed by atoms with Crippen molar-refractivity contribution in [3.05, 3.63) is 77.4 Å². The molecule has 1 atom stereocenters. The summed E-state index contributed by atoms with van der Waals surface area (Å²) in [6.07, 6.45) is 5.41. The van der Waals surface area contributed by atoms with Crippen LogP contribution >= 0.6 is 0 Å². The number of hydrogen-bond donors (Lipinski definition) is 2. The van der Waals surface area contributed by atoms with Crippen LogP contribution in [0.3, 0.4) is 0 Å². The van der Waals surface area contributed by atoms with Crippen LogP contribution < -0.4 is 10.6 Å². The van der Waals surface area contributed by atoms with Gasteiger partial charge in [0.05, 0.1) is 0 Å². The fourth-order valence-electron chi connectivity index (χ4n) is 4.91. The summed E-state index contributed by atoms with van der Waals surface area (Å²) in [4.78, 5) is 39.0. The monoisotopic (exact) mass is 467 g/mol. The summed E-state index contributed by atoms with van der Waals surface area (Å²) in [5.41, 5.74) is -0.0815. The topological polar surface area (TPSA) is 78.5 Å². The molecule has 2 saturated heterocycles. The predicted octanol–water partition coefficient (Wildman–Crippen LogP) is 3.82. The number of carbonyl (C=O) groups excluding carboxylic acids is 3. The largest absolute Gasteiger partial charge is 0.339 e. The first-order valence-electron chi connectivity index (χ1n) is 11.5. The standard InChI is InChI=1S/C26H27F2N3O3/c27-21-9-4-10-22(28)20(21)11-12-23(32)31-16-13-19(14-17-31)26(24(33)29-25(34)30-26)15-5-8-18-6-2-1-3-7-18/h1-4,6-7,9-12,19H,5,8,13-17H2,(H2,29,30,33,34)/b12-11+/t26-/m0/s1. The maximum Gasteiger partial charge on any atom is 0.322 e. The Bertz CT molecular complexity index is 1080. The minimum absolute atomic E-state index is 0.119. The lowest BCUT2D eigenvalue weighted by Crippen LogP contribution is -2.56. The lowest BCUT2D eigenvalue weighted by atomic mass is 9.74. The molecule has 2 aromatic rings. The van der Waals surface area contributed by atoms with Gasteiger partial charge in [-0.25, -0.2) is 13.6 Å². The molecular weight excluding hydrogens is 440 g/mol. The van der Waals surface area contributed by atoms with E-state index in [1.54, 1.807) is 4.90 Å². The van der Waals surface area contributed by atoms with Gasteiger partial charge in [-0.15, -0.1) is 0 Å². The number of aryl methyl sites for hydroxylation is 1. The number of hydrogen-bond acceptors (Lipinski definition) is 3. The third-order valence-electron chi connectivity index (χ3n) is 6.74. The number of carbonyl (C=O) groups is 3. The van der Waals surface area contributed by atoms with Gasteiger partial charge < -0.3 is 10.2 Å². The molecule has 0 radical (unpaired) electrons. The zero-order valence-corrected chi connectivity index (χ0v) is 18.7. The van der Waals surface area contributed by atoms with E-state index >= 15 is 0 Å². The molecule has 2 heterocycles. The number of halogens is 2. The van der Waals surface area contributed by atoms with E-state index < -0.39 is 23.2 Å². The third-order valence-corrected chi connectivity index (χ3v) is 6.74. The number of piperidine rings is 1. The molecule has 0 spiro atoms. The van der Waals surface area contributed by atoms with Gasteiger partial charge in [0.2, 0.25) is 5.91 Å². The predicted molar refractivity (Wildman–Crippen MR) is 123 cm³/mol. The van der Waals surface area contributed by atoms with E-state index in [9.17, 15) is 23.2 Å². The van der Waals surface area contributed by atoms with Gasteiger partial charge in [-0.2, -0.15) is 0 Å². The van der Waals surface area contributed by atoms with Crippen LogP contribution in [0.4, 0.5) is 13.6 Å². The number of nitrogens with zero attached hydrogens (tertiary/aromatic N) is 1. The lowest BCUT2D eigenvalue weighted by Gasteiger charge is -2.40. The Labute approximate surface area is 197 Å². The SMILES string of the molecule is O=C1NC(=O)[C@](CCCc2ccccc2)(C2CCN(C(=O)/C=C/c3c(F)cccc3F)CC2)N1. The summed E-state index contributed by atoms with van der Waals surface area (Å²) < 4.78 is 27.6. The zero-order valence-electron chi connectivity index (χ0n) is 18.7. The van der Waals surface area contributed by atoms with Crippen molar-refractivity contribution >= 4 is 23.9 Å². The van der Waals surface area contributed by atoms with Crippen molar-refractivity contribution in [3.63, 3.8) is 0 Å². The van der Waals surface area contributed by atoms with Crippen LogP contribution in [-0.4, -0.2) is 41.4 Å². The number of likely N-dealkylation sites (tertiary alicyclic amines) is 1. The number of rotatable bonds is 7. The summed E-state index contributed by atoms with van der Waals surface area (Å²) in [7, 11) is 0. The van der Waals surface area contributed by atoms with Crippen molar-refractivity contribution in [2.24, 2.45) is 5.92 Å². The summed E-state index contributed by atoms with van der Waals surface area (Å²) in [5, 5.41) is 5.26. The molecule has 2 aromatic carbocycles. The Kier molecular flexibility index (Phi) is 7.05. The van der Waals surface area contributed by atoms with E-state index in [1.807, 2.05) is 30.3 Å². The van der Waals surface area contributed by atoms with Gasteiger partial charge >= 0.3 is 6.03 Å². The molecule has 0 aromatic heterocycles. The van der Waals surface area contributed by atoms with Crippen molar-refractivity contribution in [1.29, 1.82) is 0 Å². The van der Waals surface area contributed by atoms with E-state index in [1.165, 1.54) is 17.7 Å². The van der Waals surface area contributed by atoms with Crippen LogP contribution in [0, 0.1) is 17.6 Å². The number of urea groups is 1. The fraction of sp³-hybridized carbons (Fsp3) is 0.346. The highest BCUT2D eigenvalue weighted by molar-refractivity contribution is 6.07. The molecule has 0 unspecified atom stereocenters. The van der Waals surface area contributed by atoms with Gasteiger partial charge in [0.1, 0.15) is 17.2 Å². The maximum absolute atomic E-state index is 13.8. The molecule has 178 valence electrons. The minimum atomic E-state index is -0.993. The first-order chi connectivity index (χ1) is 16.4. The minimum Gasteiger partial charge on any atom is -0.339 e. The summed E-state index contributed by atoms with van der Waals surface area (Å²) in [5.74, 6) is -2.25. The second kappa shape index (κ2) is 10.2. The number of amides is 4. The van der Waals surface area contributed by atoms with Gasteiger partial charge in [-0.3, -0.25) is 14.9 Å². The molecule has 2 N–H and O–H groups in total. The average Bonchev–Trinajstić information content (AvgIpc) is 3.13. The first-order valence-corrected chi connectivity index (χ1v) is 11.5. The summed E-state index contributed by atoms with van der Waals surface area (Å²) in [6, 6.07) is 13.0. The second-order valence-corrected chi connectivity index (χ2v) is 8.79. The molecule has 8 heteroatoms. The Morgan fingerprint density at radius 1 is 1.03 bits per heavy atom. The highest BCUT2D eigenvalue weighted by Crippen LogP contribution is 2.35. The fourth-order valence-corrected chi connectivity index (χ4v) is 4.91. The van der Waals surface area contributed by atoms with Crippen molar-refractivity contribution < 1.29 is 23.2 Å². The van der Waals surface area contributed by atoms with Crippen molar-refractivity contribution in [3.8, 4) is 0 Å². The molecule has 2 aliphatic rings. The van der Waals surface area contributed by atoms with E-state index in [4.69, 9.17) is 0 Å². The molecule has 34 heavy (non-hydrogen) atoms. The maximum atomic E-state index is 13.8. The van der Waals surface area contributed by atoms with Crippen molar-refractivity contribution in [2.45, 2.75) is 37.6 Å². The average molecular weight is 468 g/mol. The molecular formula is C26H27F2N3O3. The lowest BCUT2D eigenvalue weighted by molar-refractivity contribution is -0.130. The Balaban J connectivity index is 1.39. The number of nitrogens with one attached hydrogen (secondary N) is 2. The molecule has 0 bridgehead atoms.